The largest absolute Gasteiger partial charge is 0.432 e. The number of hydrogen-bond donors (Lipinski definition) is 0. The van der Waals surface area contributed by atoms with Gasteiger partial charge in [-0.25, -0.2) is 35.1 Å². The van der Waals surface area contributed by atoms with Gasteiger partial charge in [0.2, 0.25) is 0 Å². The van der Waals surface area contributed by atoms with Crippen LogP contribution in [0.2, 0.25) is 0 Å². The fourth-order valence-electron chi connectivity index (χ4n) is 5.72. The van der Waals surface area contributed by atoms with Gasteiger partial charge in [-0.1, -0.05) is 75.1 Å². The zero-order valence-electron chi connectivity index (χ0n) is 27.3. The standard InChI is InChI=1S/C41H24F10O/c1-40(2,3)29-19-26(20-31(43)28(29)11-9-21-13-25-18-35(47)38(48)39(49)36(25)32(44)14-21)52-41(50,51)37-33(45)16-24(17-34(37)46)27-12-10-23(15-30(27)42)22-7-5-4-6-8-22/h4-8,10,12-20H,1-3H3. The summed E-state index contributed by atoms with van der Waals surface area (Å²) in [5, 5.41) is -1.18. The maximum atomic E-state index is 15.6. The Morgan fingerprint density at radius 3 is 1.83 bits per heavy atom. The Hall–Kier alpha value is -5.76. The van der Waals surface area contributed by atoms with E-state index in [1.165, 1.54) is 12.1 Å². The van der Waals surface area contributed by atoms with Gasteiger partial charge >= 0.3 is 6.11 Å². The van der Waals surface area contributed by atoms with E-state index in [9.17, 15) is 17.6 Å². The molecule has 0 atom stereocenters. The van der Waals surface area contributed by atoms with Crippen LogP contribution >= 0.6 is 0 Å². The van der Waals surface area contributed by atoms with Gasteiger partial charge in [0.05, 0.1) is 10.9 Å². The van der Waals surface area contributed by atoms with Gasteiger partial charge in [0.1, 0.15) is 40.4 Å². The highest BCUT2D eigenvalue weighted by molar-refractivity contribution is 5.85. The van der Waals surface area contributed by atoms with Crippen molar-refractivity contribution in [3.8, 4) is 39.8 Å². The molecule has 0 aliphatic rings. The second-order valence-electron chi connectivity index (χ2n) is 12.9. The molecule has 0 amide bonds. The van der Waals surface area contributed by atoms with Crippen molar-refractivity contribution in [2.75, 3.05) is 0 Å². The number of rotatable bonds is 5. The molecule has 264 valence electrons. The maximum Gasteiger partial charge on any atom is 0.432 e. The molecule has 0 bridgehead atoms. The van der Waals surface area contributed by atoms with Crippen LogP contribution in [0, 0.1) is 58.4 Å². The summed E-state index contributed by atoms with van der Waals surface area (Å²) < 4.78 is 153. The molecule has 0 saturated heterocycles. The quantitative estimate of drug-likeness (QED) is 0.0978. The van der Waals surface area contributed by atoms with Crippen molar-refractivity contribution in [2.24, 2.45) is 0 Å². The summed E-state index contributed by atoms with van der Waals surface area (Å²) in [5.41, 5.74) is -2.78. The summed E-state index contributed by atoms with van der Waals surface area (Å²) in [6.45, 7) is 4.73. The lowest BCUT2D eigenvalue weighted by atomic mass is 9.83. The van der Waals surface area contributed by atoms with Gasteiger partial charge in [0.25, 0.3) is 0 Å². The summed E-state index contributed by atoms with van der Waals surface area (Å²) in [6, 6.07) is 17.5. The minimum Gasteiger partial charge on any atom is -0.429 e. The Bertz CT molecular complexity index is 2410. The Morgan fingerprint density at radius 2 is 1.19 bits per heavy atom. The Morgan fingerprint density at radius 1 is 0.538 bits per heavy atom. The second-order valence-corrected chi connectivity index (χ2v) is 12.9. The number of hydrogen-bond acceptors (Lipinski definition) is 1. The van der Waals surface area contributed by atoms with E-state index in [4.69, 9.17) is 0 Å². The van der Waals surface area contributed by atoms with Crippen molar-refractivity contribution in [1.29, 1.82) is 0 Å². The molecule has 0 aliphatic heterocycles. The van der Waals surface area contributed by atoms with Crippen LogP contribution < -0.4 is 4.74 Å². The Labute approximate surface area is 291 Å². The zero-order chi connectivity index (χ0) is 37.7. The number of alkyl halides is 2. The van der Waals surface area contributed by atoms with Gasteiger partial charge in [-0.3, -0.25) is 0 Å². The molecule has 0 aliphatic carbocycles. The van der Waals surface area contributed by atoms with Gasteiger partial charge in [0, 0.05) is 17.2 Å². The van der Waals surface area contributed by atoms with E-state index in [0.29, 0.717) is 35.4 Å². The number of fused-ring (bicyclic) bond motifs is 1. The van der Waals surface area contributed by atoms with Crippen molar-refractivity contribution in [1.82, 2.24) is 0 Å². The van der Waals surface area contributed by atoms with Gasteiger partial charge in [-0.2, -0.15) is 8.78 Å². The molecule has 0 fully saturated rings. The fourth-order valence-corrected chi connectivity index (χ4v) is 5.72. The van der Waals surface area contributed by atoms with Crippen LogP contribution in [-0.2, 0) is 11.5 Å². The van der Waals surface area contributed by atoms with E-state index >= 15 is 26.3 Å². The van der Waals surface area contributed by atoms with Crippen molar-refractivity contribution < 1.29 is 48.6 Å². The molecule has 6 rings (SSSR count). The van der Waals surface area contributed by atoms with Crippen LogP contribution in [0.1, 0.15) is 43.0 Å². The lowest BCUT2D eigenvalue weighted by Gasteiger charge is -2.24. The predicted octanol–water partition coefficient (Wildman–Crippen LogP) is 12.1. The van der Waals surface area contributed by atoms with Crippen LogP contribution in [0.15, 0.2) is 91.0 Å². The predicted molar refractivity (Wildman–Crippen MR) is 177 cm³/mol. The molecule has 6 aromatic carbocycles. The number of ether oxygens (including phenoxy) is 1. The maximum absolute atomic E-state index is 15.6. The molecule has 1 nitrogen and oxygen atoms in total. The molecular formula is C41H24F10O. The second kappa shape index (κ2) is 13.4. The first-order valence-corrected chi connectivity index (χ1v) is 15.5. The molecule has 11 heteroatoms. The van der Waals surface area contributed by atoms with E-state index in [1.54, 1.807) is 51.1 Å². The molecule has 0 aromatic heterocycles. The number of halogens is 10. The van der Waals surface area contributed by atoms with E-state index in [2.05, 4.69) is 16.6 Å². The SMILES string of the molecule is CC(C)(C)c1cc(OC(F)(F)c2c(F)cc(-c3ccc(-c4ccccc4)cc3F)cc2F)cc(F)c1C#Cc1cc(F)c2c(F)c(F)c(F)cc2c1. The topological polar surface area (TPSA) is 9.23 Å². The van der Waals surface area contributed by atoms with Crippen molar-refractivity contribution >= 4 is 10.8 Å². The Kier molecular flexibility index (Phi) is 9.30. The van der Waals surface area contributed by atoms with E-state index in [0.717, 1.165) is 24.3 Å². The van der Waals surface area contributed by atoms with Gasteiger partial charge in [-0.05, 0) is 75.5 Å². The third-order valence-corrected chi connectivity index (χ3v) is 8.19. The minimum absolute atomic E-state index is 0.00284. The van der Waals surface area contributed by atoms with Crippen LogP contribution in [0.5, 0.6) is 5.75 Å². The molecule has 0 spiro atoms. The molecule has 0 unspecified atom stereocenters. The van der Waals surface area contributed by atoms with E-state index < -0.39 is 74.8 Å². The van der Waals surface area contributed by atoms with Crippen LogP contribution in [0.4, 0.5) is 43.9 Å². The smallest absolute Gasteiger partial charge is 0.429 e. The average molecular weight is 723 g/mol. The fraction of sp³-hybridized carbons (Fsp3) is 0.122. The molecule has 6 aromatic rings. The third-order valence-electron chi connectivity index (χ3n) is 8.19. The lowest BCUT2D eigenvalue weighted by Crippen LogP contribution is -2.26. The average Bonchev–Trinajstić information content (AvgIpc) is 3.05. The Balaban J connectivity index is 1.32. The first kappa shape index (κ1) is 36.0. The van der Waals surface area contributed by atoms with Crippen LogP contribution in [0.3, 0.4) is 0 Å². The summed E-state index contributed by atoms with van der Waals surface area (Å²) in [6.07, 6.45) is -4.69. The van der Waals surface area contributed by atoms with Crippen molar-refractivity contribution in [3.63, 3.8) is 0 Å². The molecular weight excluding hydrogens is 698 g/mol. The van der Waals surface area contributed by atoms with Crippen LogP contribution in [-0.4, -0.2) is 0 Å². The number of benzene rings is 6. The highest BCUT2D eigenvalue weighted by atomic mass is 19.3. The van der Waals surface area contributed by atoms with Crippen molar-refractivity contribution in [2.45, 2.75) is 32.3 Å². The first-order chi connectivity index (χ1) is 24.4. The third kappa shape index (κ3) is 6.93. The zero-order valence-corrected chi connectivity index (χ0v) is 27.3. The van der Waals surface area contributed by atoms with Crippen molar-refractivity contribution in [3.05, 3.63) is 160 Å². The highest BCUT2D eigenvalue weighted by Crippen LogP contribution is 2.40. The molecule has 0 saturated carbocycles. The van der Waals surface area contributed by atoms with E-state index in [-0.39, 0.29) is 33.2 Å². The summed E-state index contributed by atoms with van der Waals surface area (Å²) in [7, 11) is 0. The molecule has 0 N–H and O–H groups in total. The van der Waals surface area contributed by atoms with Crippen LogP contribution in [0.25, 0.3) is 33.0 Å². The minimum atomic E-state index is -4.69. The van der Waals surface area contributed by atoms with E-state index in [1.807, 2.05) is 0 Å². The lowest BCUT2D eigenvalue weighted by molar-refractivity contribution is -0.189. The van der Waals surface area contributed by atoms with Gasteiger partial charge in [-0.15, -0.1) is 0 Å². The molecule has 52 heavy (non-hydrogen) atoms. The normalized spacial score (nSPS) is 11.8. The van der Waals surface area contributed by atoms with Gasteiger partial charge < -0.3 is 4.74 Å². The summed E-state index contributed by atoms with van der Waals surface area (Å²) in [5.74, 6) is -7.89. The monoisotopic (exact) mass is 722 g/mol. The molecule has 0 heterocycles. The highest BCUT2D eigenvalue weighted by Gasteiger charge is 2.42. The summed E-state index contributed by atoms with van der Waals surface area (Å²) >= 11 is 0. The molecule has 0 radical (unpaired) electrons. The summed E-state index contributed by atoms with van der Waals surface area (Å²) in [4.78, 5) is 0. The first-order valence-electron chi connectivity index (χ1n) is 15.5. The van der Waals surface area contributed by atoms with Gasteiger partial charge in [0.15, 0.2) is 17.5 Å².